The lowest BCUT2D eigenvalue weighted by atomic mass is 10.4. The number of nitrogens with zero attached hydrogens (tertiary/aromatic N) is 3. The molecule has 20 heavy (non-hydrogen) atoms. The van der Waals surface area contributed by atoms with E-state index in [2.05, 4.69) is 33.7 Å². The second-order valence-electron chi connectivity index (χ2n) is 4.73. The maximum atomic E-state index is 12.1. The maximum absolute atomic E-state index is 12.1. The smallest absolute Gasteiger partial charge is 0.239 e. The fourth-order valence-electron chi connectivity index (χ4n) is 2.02. The molecule has 0 aliphatic heterocycles. The Hall–Kier alpha value is -1.66. The van der Waals surface area contributed by atoms with Crippen LogP contribution in [0.2, 0.25) is 0 Å². The van der Waals surface area contributed by atoms with Crippen LogP contribution in [-0.4, -0.2) is 33.7 Å². The topological polar surface area (TPSA) is 50.2 Å². The summed E-state index contributed by atoms with van der Waals surface area (Å²) in [6, 6.07) is 6.00. The van der Waals surface area contributed by atoms with Gasteiger partial charge < -0.3 is 5.32 Å². The van der Waals surface area contributed by atoms with Gasteiger partial charge in [0.1, 0.15) is 5.82 Å². The lowest BCUT2D eigenvalue weighted by Gasteiger charge is -2.18. The van der Waals surface area contributed by atoms with E-state index in [9.17, 15) is 4.79 Å². The molecule has 1 amide bonds. The van der Waals surface area contributed by atoms with Crippen molar-refractivity contribution in [1.82, 2.24) is 14.7 Å². The van der Waals surface area contributed by atoms with Crippen LogP contribution in [0, 0.1) is 6.92 Å². The molecule has 0 bridgehead atoms. The number of amides is 1. The molecule has 0 saturated heterocycles. The van der Waals surface area contributed by atoms with E-state index in [0.717, 1.165) is 24.6 Å². The second kappa shape index (κ2) is 6.67. The number of hydrogen-bond donors (Lipinski definition) is 1. The van der Waals surface area contributed by atoms with Gasteiger partial charge in [0.2, 0.25) is 5.91 Å². The van der Waals surface area contributed by atoms with Gasteiger partial charge >= 0.3 is 0 Å². The highest BCUT2D eigenvalue weighted by Crippen LogP contribution is 2.12. The van der Waals surface area contributed by atoms with Crippen molar-refractivity contribution in [3.8, 4) is 0 Å². The summed E-state index contributed by atoms with van der Waals surface area (Å²) in [7, 11) is 1.83. The third-order valence-corrected chi connectivity index (χ3v) is 3.90. The second-order valence-corrected chi connectivity index (χ2v) is 5.76. The van der Waals surface area contributed by atoms with Crippen LogP contribution in [0.4, 0.5) is 5.82 Å². The van der Waals surface area contributed by atoms with Gasteiger partial charge in [-0.15, -0.1) is 11.3 Å². The molecule has 0 unspecified atom stereocenters. The van der Waals surface area contributed by atoms with Gasteiger partial charge in [0.05, 0.1) is 12.2 Å². The number of aromatic nitrogens is 2. The van der Waals surface area contributed by atoms with Crippen molar-refractivity contribution < 1.29 is 4.79 Å². The fraction of sp³-hybridized carbons (Fsp3) is 0.429. The van der Waals surface area contributed by atoms with Crippen LogP contribution in [0.15, 0.2) is 23.6 Å². The number of anilines is 1. The molecule has 1 N–H and O–H groups in total. The summed E-state index contributed by atoms with van der Waals surface area (Å²) >= 11 is 1.72. The molecule has 2 heterocycles. The summed E-state index contributed by atoms with van der Waals surface area (Å²) < 4.78 is 1.68. The fourth-order valence-corrected chi connectivity index (χ4v) is 2.76. The molecule has 0 spiro atoms. The summed E-state index contributed by atoms with van der Waals surface area (Å²) in [6.45, 7) is 6.01. The molecule has 0 aliphatic rings. The van der Waals surface area contributed by atoms with Gasteiger partial charge in [-0.25, -0.2) is 0 Å². The van der Waals surface area contributed by atoms with E-state index in [1.807, 2.05) is 26.1 Å². The first-order chi connectivity index (χ1) is 9.58. The number of hydrogen-bond acceptors (Lipinski definition) is 4. The minimum atomic E-state index is -0.00796. The van der Waals surface area contributed by atoms with E-state index in [-0.39, 0.29) is 5.91 Å². The molecule has 2 aromatic rings. The quantitative estimate of drug-likeness (QED) is 0.888. The van der Waals surface area contributed by atoms with Crippen molar-refractivity contribution in [3.05, 3.63) is 34.2 Å². The number of nitrogens with one attached hydrogen (secondary N) is 1. The third-order valence-electron chi connectivity index (χ3n) is 3.04. The Balaban J connectivity index is 1.90. The van der Waals surface area contributed by atoms with Gasteiger partial charge in [-0.1, -0.05) is 13.0 Å². The molecule has 108 valence electrons. The van der Waals surface area contributed by atoms with Crippen LogP contribution in [0.1, 0.15) is 17.5 Å². The van der Waals surface area contributed by atoms with Gasteiger partial charge in [-0.3, -0.25) is 14.4 Å². The zero-order valence-electron chi connectivity index (χ0n) is 12.1. The summed E-state index contributed by atoms with van der Waals surface area (Å²) in [5, 5.41) is 9.17. The van der Waals surface area contributed by atoms with E-state index in [4.69, 9.17) is 0 Å². The van der Waals surface area contributed by atoms with Crippen molar-refractivity contribution in [2.24, 2.45) is 7.05 Å². The Kier molecular flexibility index (Phi) is 4.92. The summed E-state index contributed by atoms with van der Waals surface area (Å²) in [5.74, 6) is 0.728. The molecule has 0 radical (unpaired) electrons. The maximum Gasteiger partial charge on any atom is 0.239 e. The number of carbonyl (C=O) groups excluding carboxylic acids is 1. The highest BCUT2D eigenvalue weighted by atomic mass is 32.1. The van der Waals surface area contributed by atoms with E-state index in [1.165, 1.54) is 4.88 Å². The summed E-state index contributed by atoms with van der Waals surface area (Å²) in [4.78, 5) is 15.5. The normalized spacial score (nSPS) is 11.0. The Labute approximate surface area is 123 Å². The first-order valence-corrected chi connectivity index (χ1v) is 7.51. The molecular weight excluding hydrogens is 272 g/mol. The minimum absolute atomic E-state index is 0.00796. The molecular formula is C14H20N4OS. The molecule has 6 heteroatoms. The van der Waals surface area contributed by atoms with Crippen LogP contribution >= 0.6 is 11.3 Å². The predicted octanol–water partition coefficient (Wildman–Crippen LogP) is 2.25. The van der Waals surface area contributed by atoms with Gasteiger partial charge in [0.25, 0.3) is 0 Å². The van der Waals surface area contributed by atoms with E-state index in [0.29, 0.717) is 6.54 Å². The molecule has 2 rings (SSSR count). The van der Waals surface area contributed by atoms with Crippen LogP contribution in [0.25, 0.3) is 0 Å². The van der Waals surface area contributed by atoms with Crippen LogP contribution in [0.3, 0.4) is 0 Å². The molecule has 0 saturated carbocycles. The molecule has 0 atom stereocenters. The lowest BCUT2D eigenvalue weighted by Crippen LogP contribution is -2.32. The first kappa shape index (κ1) is 14.7. The van der Waals surface area contributed by atoms with E-state index >= 15 is 0 Å². The van der Waals surface area contributed by atoms with E-state index < -0.39 is 0 Å². The first-order valence-electron chi connectivity index (χ1n) is 6.63. The summed E-state index contributed by atoms with van der Waals surface area (Å²) in [6.07, 6.45) is 0. The van der Waals surface area contributed by atoms with Crippen molar-refractivity contribution in [1.29, 1.82) is 0 Å². The molecule has 0 aromatic carbocycles. The van der Waals surface area contributed by atoms with Gasteiger partial charge in [0.15, 0.2) is 0 Å². The van der Waals surface area contributed by atoms with Crippen molar-refractivity contribution >= 4 is 23.1 Å². The van der Waals surface area contributed by atoms with Crippen molar-refractivity contribution in [2.75, 3.05) is 18.4 Å². The van der Waals surface area contributed by atoms with Crippen LogP contribution < -0.4 is 5.32 Å². The number of rotatable bonds is 6. The predicted molar refractivity (Wildman–Crippen MR) is 81.8 cm³/mol. The number of likely N-dealkylation sites (N-methyl/N-ethyl adjacent to an activating group) is 1. The molecule has 0 fully saturated rings. The van der Waals surface area contributed by atoms with Gasteiger partial charge in [0, 0.05) is 24.5 Å². The lowest BCUT2D eigenvalue weighted by molar-refractivity contribution is -0.117. The molecule has 5 nitrogen and oxygen atoms in total. The minimum Gasteiger partial charge on any atom is -0.310 e. The molecule has 0 aliphatic carbocycles. The average molecular weight is 292 g/mol. The molecule has 2 aromatic heterocycles. The van der Waals surface area contributed by atoms with Gasteiger partial charge in [-0.2, -0.15) is 5.10 Å². The third kappa shape index (κ3) is 3.91. The monoisotopic (exact) mass is 292 g/mol. The Morgan fingerprint density at radius 1 is 1.55 bits per heavy atom. The Morgan fingerprint density at radius 3 is 2.90 bits per heavy atom. The van der Waals surface area contributed by atoms with Gasteiger partial charge in [-0.05, 0) is 24.9 Å². The zero-order chi connectivity index (χ0) is 14.5. The number of aryl methyl sites for hydroxylation is 2. The SMILES string of the molecule is CCN(CC(=O)Nc1cc(C)nn1C)Cc1cccs1. The standard InChI is InChI=1S/C14H20N4OS/c1-4-18(9-12-6-5-7-20-12)10-14(19)15-13-8-11(2)16-17(13)3/h5-8H,4,9-10H2,1-3H3,(H,15,19). The average Bonchev–Trinajstić information content (AvgIpc) is 2.99. The number of carbonyl (C=O) groups is 1. The van der Waals surface area contributed by atoms with E-state index in [1.54, 1.807) is 16.0 Å². The Bertz CT molecular complexity index is 562. The largest absolute Gasteiger partial charge is 0.310 e. The van der Waals surface area contributed by atoms with Crippen molar-refractivity contribution in [2.45, 2.75) is 20.4 Å². The highest BCUT2D eigenvalue weighted by molar-refractivity contribution is 7.09. The highest BCUT2D eigenvalue weighted by Gasteiger charge is 2.12. The van der Waals surface area contributed by atoms with Crippen LogP contribution in [-0.2, 0) is 18.4 Å². The van der Waals surface area contributed by atoms with Crippen LogP contribution in [0.5, 0.6) is 0 Å². The van der Waals surface area contributed by atoms with Crippen molar-refractivity contribution in [3.63, 3.8) is 0 Å². The summed E-state index contributed by atoms with van der Waals surface area (Å²) in [5.41, 5.74) is 0.897. The number of thiophene rings is 1. The Morgan fingerprint density at radius 2 is 2.35 bits per heavy atom. The zero-order valence-corrected chi connectivity index (χ0v) is 12.9.